The number of carbonyl (C=O) groups is 1. The van der Waals surface area contributed by atoms with Crippen molar-refractivity contribution in [2.45, 2.75) is 44.7 Å². The third-order valence-electron chi connectivity index (χ3n) is 5.05. The molecule has 0 bridgehead atoms. The van der Waals surface area contributed by atoms with Crippen LogP contribution in [0.5, 0.6) is 0 Å². The number of hydrogen-bond acceptors (Lipinski definition) is 4. The summed E-state index contributed by atoms with van der Waals surface area (Å²) >= 11 is 6.15. The molecule has 1 amide bonds. The predicted molar refractivity (Wildman–Crippen MR) is 107 cm³/mol. The summed E-state index contributed by atoms with van der Waals surface area (Å²) in [6, 6.07) is 10.7. The molecule has 0 unspecified atom stereocenters. The molecular formula is C20H25ClN4O. The molecule has 1 saturated carbocycles. The van der Waals surface area contributed by atoms with Gasteiger partial charge in [0, 0.05) is 31.5 Å². The van der Waals surface area contributed by atoms with Gasteiger partial charge < -0.3 is 16.0 Å². The van der Waals surface area contributed by atoms with Crippen molar-refractivity contribution >= 4 is 29.0 Å². The maximum absolute atomic E-state index is 11.1. The van der Waals surface area contributed by atoms with Crippen molar-refractivity contribution in [1.29, 1.82) is 0 Å². The molecule has 0 saturated heterocycles. The lowest BCUT2D eigenvalue weighted by Crippen LogP contribution is -2.33. The Balaban J connectivity index is 1.60. The van der Waals surface area contributed by atoms with Crippen LogP contribution < -0.4 is 16.0 Å². The first-order valence-corrected chi connectivity index (χ1v) is 9.43. The summed E-state index contributed by atoms with van der Waals surface area (Å²) in [5.41, 5.74) is 7.92. The second-order valence-corrected chi connectivity index (χ2v) is 7.25. The molecule has 0 aliphatic heterocycles. The third-order valence-corrected chi connectivity index (χ3v) is 5.34. The highest BCUT2D eigenvalue weighted by Crippen LogP contribution is 2.26. The van der Waals surface area contributed by atoms with Gasteiger partial charge in [0.05, 0.1) is 10.6 Å². The molecule has 1 aromatic heterocycles. The summed E-state index contributed by atoms with van der Waals surface area (Å²) in [4.78, 5) is 17.7. The molecule has 0 atom stereocenters. The fourth-order valence-electron chi connectivity index (χ4n) is 3.42. The Kier molecular flexibility index (Phi) is 5.99. The lowest BCUT2D eigenvalue weighted by atomic mass is 9.94. The van der Waals surface area contributed by atoms with Crippen LogP contribution in [-0.4, -0.2) is 24.0 Å². The van der Waals surface area contributed by atoms with Gasteiger partial charge in [-0.15, -0.1) is 0 Å². The maximum atomic E-state index is 11.1. The zero-order chi connectivity index (χ0) is 18.5. The summed E-state index contributed by atoms with van der Waals surface area (Å²) in [5, 5.41) is 3.58. The van der Waals surface area contributed by atoms with Crippen LogP contribution in [0.3, 0.4) is 0 Å². The number of anilines is 2. The van der Waals surface area contributed by atoms with E-state index in [1.807, 2.05) is 0 Å². The van der Waals surface area contributed by atoms with E-state index in [0.29, 0.717) is 29.0 Å². The third kappa shape index (κ3) is 4.47. The standard InChI is InChI=1S/C20H25ClN4O/c1-25(16-5-3-2-4-6-16)17-9-7-14(8-10-17)12-23-20-18(21)11-15(13-24-20)19(22)26/h7-11,13,16H,2-6,12H2,1H3,(H2,22,26)(H,23,24). The van der Waals surface area contributed by atoms with Gasteiger partial charge in [0.2, 0.25) is 5.91 Å². The molecule has 26 heavy (non-hydrogen) atoms. The van der Waals surface area contributed by atoms with E-state index in [1.54, 1.807) is 0 Å². The van der Waals surface area contributed by atoms with Gasteiger partial charge in [-0.25, -0.2) is 4.98 Å². The summed E-state index contributed by atoms with van der Waals surface area (Å²) in [6.07, 6.45) is 8.03. The minimum atomic E-state index is -0.538. The molecule has 1 fully saturated rings. The van der Waals surface area contributed by atoms with Gasteiger partial charge in [0.15, 0.2) is 0 Å². The summed E-state index contributed by atoms with van der Waals surface area (Å²) in [5.74, 6) is 0.00342. The van der Waals surface area contributed by atoms with Crippen LogP contribution in [0, 0.1) is 0 Å². The van der Waals surface area contributed by atoms with E-state index in [-0.39, 0.29) is 0 Å². The Morgan fingerprint density at radius 3 is 2.58 bits per heavy atom. The summed E-state index contributed by atoms with van der Waals surface area (Å²) in [6.45, 7) is 0.607. The Morgan fingerprint density at radius 1 is 1.27 bits per heavy atom. The molecule has 5 nitrogen and oxygen atoms in total. The number of primary amides is 1. The molecule has 1 aliphatic rings. The zero-order valence-electron chi connectivity index (χ0n) is 15.0. The minimum absolute atomic E-state index is 0.302. The Hall–Kier alpha value is -2.27. The molecule has 0 spiro atoms. The van der Waals surface area contributed by atoms with E-state index in [2.05, 4.69) is 46.5 Å². The molecule has 2 aromatic rings. The number of nitrogens with two attached hydrogens (primary N) is 1. The largest absolute Gasteiger partial charge is 0.372 e. The van der Waals surface area contributed by atoms with E-state index < -0.39 is 5.91 Å². The lowest BCUT2D eigenvalue weighted by Gasteiger charge is -2.33. The summed E-state index contributed by atoms with van der Waals surface area (Å²) < 4.78 is 0. The fourth-order valence-corrected chi connectivity index (χ4v) is 3.65. The predicted octanol–water partition coefficient (Wildman–Crippen LogP) is 4.21. The number of carbonyl (C=O) groups excluding carboxylic acids is 1. The Morgan fingerprint density at radius 2 is 1.96 bits per heavy atom. The van der Waals surface area contributed by atoms with Gasteiger partial charge >= 0.3 is 0 Å². The van der Waals surface area contributed by atoms with Gasteiger partial charge in [0.1, 0.15) is 5.82 Å². The molecule has 3 rings (SSSR count). The highest BCUT2D eigenvalue weighted by Gasteiger charge is 2.18. The van der Waals surface area contributed by atoms with Crippen LogP contribution in [0.15, 0.2) is 36.5 Å². The number of rotatable bonds is 6. The van der Waals surface area contributed by atoms with Crippen molar-refractivity contribution in [3.05, 3.63) is 52.7 Å². The highest BCUT2D eigenvalue weighted by molar-refractivity contribution is 6.33. The van der Waals surface area contributed by atoms with E-state index in [1.165, 1.54) is 50.1 Å². The second kappa shape index (κ2) is 8.41. The molecule has 3 N–H and O–H groups in total. The maximum Gasteiger partial charge on any atom is 0.250 e. The zero-order valence-corrected chi connectivity index (χ0v) is 15.8. The van der Waals surface area contributed by atoms with Crippen molar-refractivity contribution in [3.63, 3.8) is 0 Å². The molecule has 138 valence electrons. The van der Waals surface area contributed by atoms with Crippen LogP contribution in [-0.2, 0) is 6.54 Å². The van der Waals surface area contributed by atoms with Gasteiger partial charge in [-0.1, -0.05) is 43.0 Å². The number of aromatic nitrogens is 1. The number of hydrogen-bond donors (Lipinski definition) is 2. The van der Waals surface area contributed by atoms with Gasteiger partial charge in [-0.05, 0) is 36.6 Å². The number of nitrogens with one attached hydrogen (secondary N) is 1. The molecule has 1 aromatic carbocycles. The highest BCUT2D eigenvalue weighted by atomic mass is 35.5. The second-order valence-electron chi connectivity index (χ2n) is 6.84. The van der Waals surface area contributed by atoms with Crippen LogP contribution in [0.1, 0.15) is 48.0 Å². The first-order chi connectivity index (χ1) is 12.5. The van der Waals surface area contributed by atoms with Crippen molar-refractivity contribution in [2.24, 2.45) is 5.73 Å². The van der Waals surface area contributed by atoms with Crippen molar-refractivity contribution in [1.82, 2.24) is 4.98 Å². The molecular weight excluding hydrogens is 348 g/mol. The van der Waals surface area contributed by atoms with Gasteiger partial charge in [0.25, 0.3) is 0 Å². The van der Waals surface area contributed by atoms with Gasteiger partial charge in [-0.3, -0.25) is 4.79 Å². The van der Waals surface area contributed by atoms with E-state index in [4.69, 9.17) is 17.3 Å². The topological polar surface area (TPSA) is 71.2 Å². The smallest absolute Gasteiger partial charge is 0.250 e. The van der Waals surface area contributed by atoms with Gasteiger partial charge in [-0.2, -0.15) is 0 Å². The lowest BCUT2D eigenvalue weighted by molar-refractivity contribution is 0.1000. The minimum Gasteiger partial charge on any atom is -0.372 e. The molecule has 1 heterocycles. The Labute approximate surface area is 159 Å². The normalized spacial score (nSPS) is 14.8. The van der Waals surface area contributed by atoms with Crippen molar-refractivity contribution < 1.29 is 4.79 Å². The molecule has 6 heteroatoms. The molecule has 1 aliphatic carbocycles. The fraction of sp³-hybridized carbons (Fsp3) is 0.400. The number of pyridine rings is 1. The Bertz CT molecular complexity index is 757. The van der Waals surface area contributed by atoms with Crippen molar-refractivity contribution in [3.8, 4) is 0 Å². The monoisotopic (exact) mass is 372 g/mol. The van der Waals surface area contributed by atoms with E-state index >= 15 is 0 Å². The SMILES string of the molecule is CN(c1ccc(CNc2ncc(C(N)=O)cc2Cl)cc1)C1CCCCC1. The first kappa shape index (κ1) is 18.5. The van der Waals surface area contributed by atoms with E-state index in [0.717, 1.165) is 5.56 Å². The van der Waals surface area contributed by atoms with Crippen LogP contribution >= 0.6 is 11.6 Å². The number of nitrogens with zero attached hydrogens (tertiary/aromatic N) is 2. The van der Waals surface area contributed by atoms with Crippen LogP contribution in [0.25, 0.3) is 0 Å². The first-order valence-electron chi connectivity index (χ1n) is 9.05. The molecule has 0 radical (unpaired) electrons. The summed E-state index contributed by atoms with van der Waals surface area (Å²) in [7, 11) is 2.19. The van der Waals surface area contributed by atoms with Crippen molar-refractivity contribution in [2.75, 3.05) is 17.3 Å². The average molecular weight is 373 g/mol. The van der Waals surface area contributed by atoms with E-state index in [9.17, 15) is 4.79 Å². The number of benzene rings is 1. The quantitative estimate of drug-likeness (QED) is 0.796. The van der Waals surface area contributed by atoms with Crippen LogP contribution in [0.2, 0.25) is 5.02 Å². The number of halogens is 1. The van der Waals surface area contributed by atoms with Crippen LogP contribution in [0.4, 0.5) is 11.5 Å². The number of amides is 1. The average Bonchev–Trinajstić information content (AvgIpc) is 2.67.